The highest BCUT2D eigenvalue weighted by molar-refractivity contribution is 7.89. The average molecular weight is 593 g/mol. The number of hydrogen-bond donors (Lipinski definition) is 3. The van der Waals surface area contributed by atoms with Gasteiger partial charge in [-0.2, -0.15) is 4.31 Å². The van der Waals surface area contributed by atoms with Gasteiger partial charge in [-0.3, -0.25) is 0 Å². The Morgan fingerprint density at radius 1 is 1.10 bits per heavy atom. The molecule has 224 valence electrons. The Bertz CT molecular complexity index is 1320. The molecule has 0 radical (unpaired) electrons. The first-order valence-electron chi connectivity index (χ1n) is 13.7. The van der Waals surface area contributed by atoms with Gasteiger partial charge in [-0.15, -0.1) is 0 Å². The van der Waals surface area contributed by atoms with Crippen LogP contribution in [0.15, 0.2) is 47.4 Å². The number of aliphatic hydroxyl groups is 1. The predicted molar refractivity (Wildman–Crippen MR) is 145 cm³/mol. The van der Waals surface area contributed by atoms with Crippen LogP contribution in [0.3, 0.4) is 0 Å². The van der Waals surface area contributed by atoms with Crippen molar-refractivity contribution in [1.29, 1.82) is 0 Å². The van der Waals surface area contributed by atoms with Crippen molar-refractivity contribution in [2.45, 2.75) is 56.1 Å². The van der Waals surface area contributed by atoms with Gasteiger partial charge in [-0.1, -0.05) is 26.0 Å². The molecular formula is C28H36N2O10S. The van der Waals surface area contributed by atoms with Gasteiger partial charge in [0, 0.05) is 19.2 Å². The number of nitrogens with one attached hydrogen (secondary N) is 1. The number of sulfonamides is 1. The highest BCUT2D eigenvalue weighted by Gasteiger charge is 2.44. The van der Waals surface area contributed by atoms with Crippen LogP contribution in [0.5, 0.6) is 17.2 Å². The minimum atomic E-state index is -4.05. The summed E-state index contributed by atoms with van der Waals surface area (Å²) in [5.41, 5.74) is 0.717. The SMILES string of the molecule is CC(C)CN(C[C@H](O)[C@H](Cc1ccc(O)cc1)NC(=O)O[C@H]1CO[C@H]2OCC[C@H]21)S(=O)(=O)c1ccc2c(c1)OCO2. The number of phenols is 1. The molecule has 0 unspecified atom stereocenters. The van der Waals surface area contributed by atoms with Crippen LogP contribution in [-0.4, -0.2) is 86.7 Å². The van der Waals surface area contributed by atoms with Gasteiger partial charge in [0.15, 0.2) is 17.8 Å². The predicted octanol–water partition coefficient (Wildman–Crippen LogP) is 2.23. The lowest BCUT2D eigenvalue weighted by Crippen LogP contribution is -2.51. The van der Waals surface area contributed by atoms with Crippen LogP contribution in [0.1, 0.15) is 25.8 Å². The van der Waals surface area contributed by atoms with E-state index in [9.17, 15) is 23.4 Å². The highest BCUT2D eigenvalue weighted by Crippen LogP contribution is 2.35. The summed E-state index contributed by atoms with van der Waals surface area (Å²) >= 11 is 0. The number of aromatic hydroxyl groups is 1. The molecule has 2 saturated heterocycles. The number of alkyl carbamates (subject to hydrolysis) is 1. The second-order valence-corrected chi connectivity index (χ2v) is 12.8. The van der Waals surface area contributed by atoms with Crippen LogP contribution >= 0.6 is 0 Å². The lowest BCUT2D eigenvalue weighted by atomic mass is 10.0. The van der Waals surface area contributed by atoms with Crippen molar-refractivity contribution in [3.05, 3.63) is 48.0 Å². The molecule has 41 heavy (non-hydrogen) atoms. The third-order valence-corrected chi connectivity index (χ3v) is 9.17. The molecule has 0 aromatic heterocycles. The summed E-state index contributed by atoms with van der Waals surface area (Å²) in [6, 6.07) is 9.82. The van der Waals surface area contributed by atoms with E-state index in [1.165, 1.54) is 34.6 Å². The number of fused-ring (bicyclic) bond motifs is 2. The van der Waals surface area contributed by atoms with Crippen molar-refractivity contribution in [2.24, 2.45) is 11.8 Å². The molecular weight excluding hydrogens is 556 g/mol. The molecule has 13 heteroatoms. The maximum absolute atomic E-state index is 13.7. The van der Waals surface area contributed by atoms with E-state index in [0.29, 0.717) is 24.5 Å². The summed E-state index contributed by atoms with van der Waals surface area (Å²) in [6.07, 6.45) is -2.06. The lowest BCUT2D eigenvalue weighted by molar-refractivity contribution is -0.0907. The quantitative estimate of drug-likeness (QED) is 0.354. The zero-order chi connectivity index (χ0) is 29.1. The third kappa shape index (κ3) is 6.87. The van der Waals surface area contributed by atoms with E-state index >= 15 is 0 Å². The first-order chi connectivity index (χ1) is 19.6. The maximum atomic E-state index is 13.7. The van der Waals surface area contributed by atoms with E-state index in [0.717, 1.165) is 5.56 Å². The number of ether oxygens (including phenoxy) is 5. The van der Waals surface area contributed by atoms with Crippen molar-refractivity contribution in [3.8, 4) is 17.2 Å². The summed E-state index contributed by atoms with van der Waals surface area (Å²) in [5.74, 6) is 0.750. The third-order valence-electron chi connectivity index (χ3n) is 7.34. The zero-order valence-corrected chi connectivity index (χ0v) is 23.8. The van der Waals surface area contributed by atoms with Gasteiger partial charge in [0.2, 0.25) is 16.8 Å². The summed E-state index contributed by atoms with van der Waals surface area (Å²) in [6.45, 7) is 4.35. The summed E-state index contributed by atoms with van der Waals surface area (Å²) in [7, 11) is -4.05. The molecule has 3 aliphatic rings. The van der Waals surface area contributed by atoms with Gasteiger partial charge in [-0.25, -0.2) is 13.2 Å². The minimum Gasteiger partial charge on any atom is -0.508 e. The zero-order valence-electron chi connectivity index (χ0n) is 23.0. The van der Waals surface area contributed by atoms with Crippen LogP contribution in [0.2, 0.25) is 0 Å². The van der Waals surface area contributed by atoms with Gasteiger partial charge < -0.3 is 39.2 Å². The number of aliphatic hydroxyl groups excluding tert-OH is 1. The van der Waals surface area contributed by atoms with Gasteiger partial charge >= 0.3 is 6.09 Å². The number of carbonyl (C=O) groups excluding carboxylic acids is 1. The summed E-state index contributed by atoms with van der Waals surface area (Å²) in [5, 5.41) is 23.8. The molecule has 0 spiro atoms. The number of rotatable bonds is 11. The Morgan fingerprint density at radius 2 is 1.85 bits per heavy atom. The average Bonchev–Trinajstić information content (AvgIpc) is 3.67. The number of phenolic OH excluding ortho intramolecular Hbond substituents is 1. The second-order valence-electron chi connectivity index (χ2n) is 10.9. The Kier molecular flexibility index (Phi) is 8.90. The molecule has 0 saturated carbocycles. The van der Waals surface area contributed by atoms with Gasteiger partial charge in [0.25, 0.3) is 0 Å². The van der Waals surface area contributed by atoms with E-state index < -0.39 is 40.7 Å². The fourth-order valence-corrected chi connectivity index (χ4v) is 6.88. The Morgan fingerprint density at radius 3 is 2.61 bits per heavy atom. The number of benzene rings is 2. The standard InChI is InChI=1S/C28H36N2O10S/c1-17(2)13-30(41(34,35)20-7-8-24-25(12-20)39-16-38-24)14-23(32)22(11-18-3-5-19(31)6-4-18)29-28(33)40-26-15-37-27-21(26)9-10-36-27/h3-8,12,17,21-23,26-27,31-32H,9-11,13-16H2,1-2H3,(H,29,33)/t21-,22-,23-,26-,27+/m0/s1. The minimum absolute atomic E-state index is 0.00613. The largest absolute Gasteiger partial charge is 0.508 e. The van der Waals surface area contributed by atoms with Gasteiger partial charge in [-0.05, 0) is 48.6 Å². The topological polar surface area (TPSA) is 153 Å². The molecule has 12 nitrogen and oxygen atoms in total. The molecule has 2 aromatic carbocycles. The maximum Gasteiger partial charge on any atom is 0.407 e. The monoisotopic (exact) mass is 592 g/mol. The molecule has 1 amide bonds. The molecule has 2 aromatic rings. The Labute approximate surface area is 239 Å². The van der Waals surface area contributed by atoms with Crippen molar-refractivity contribution in [3.63, 3.8) is 0 Å². The number of carbonyl (C=O) groups is 1. The molecule has 0 bridgehead atoms. The fraction of sp³-hybridized carbons (Fsp3) is 0.536. The van der Waals surface area contributed by atoms with Crippen LogP contribution in [0, 0.1) is 11.8 Å². The Balaban J connectivity index is 1.34. The lowest BCUT2D eigenvalue weighted by Gasteiger charge is -2.31. The number of nitrogens with zero attached hydrogens (tertiary/aromatic N) is 1. The van der Waals surface area contributed by atoms with Gasteiger partial charge in [0.05, 0.1) is 36.2 Å². The molecule has 2 fully saturated rings. The molecule has 0 aliphatic carbocycles. The number of hydrogen-bond acceptors (Lipinski definition) is 10. The first kappa shape index (κ1) is 29.4. The second kappa shape index (κ2) is 12.4. The van der Waals surface area contributed by atoms with Crippen molar-refractivity contribution in [2.75, 3.05) is 33.1 Å². The molecule has 3 N–H and O–H groups in total. The summed E-state index contributed by atoms with van der Waals surface area (Å²) < 4.78 is 56.0. The van der Waals surface area contributed by atoms with Crippen LogP contribution in [-0.2, 0) is 30.7 Å². The van der Waals surface area contributed by atoms with Crippen LogP contribution in [0.25, 0.3) is 0 Å². The van der Waals surface area contributed by atoms with Crippen molar-refractivity contribution in [1.82, 2.24) is 9.62 Å². The van der Waals surface area contributed by atoms with E-state index in [4.69, 9.17) is 23.7 Å². The van der Waals surface area contributed by atoms with Crippen molar-refractivity contribution < 1.29 is 47.1 Å². The van der Waals surface area contributed by atoms with Crippen LogP contribution < -0.4 is 14.8 Å². The van der Waals surface area contributed by atoms with Crippen molar-refractivity contribution >= 4 is 16.1 Å². The van der Waals surface area contributed by atoms with E-state index in [2.05, 4.69) is 5.32 Å². The molecule has 3 aliphatic heterocycles. The van der Waals surface area contributed by atoms with E-state index in [-0.39, 0.29) is 55.4 Å². The molecule has 3 heterocycles. The first-order valence-corrected chi connectivity index (χ1v) is 15.1. The summed E-state index contributed by atoms with van der Waals surface area (Å²) in [4.78, 5) is 13.0. The number of amides is 1. The fourth-order valence-electron chi connectivity index (χ4n) is 5.24. The molecule has 5 rings (SSSR count). The van der Waals surface area contributed by atoms with Crippen LogP contribution in [0.4, 0.5) is 4.79 Å². The van der Waals surface area contributed by atoms with Gasteiger partial charge in [0.1, 0.15) is 11.9 Å². The van der Waals surface area contributed by atoms with E-state index in [1.807, 2.05) is 13.8 Å². The Hall–Kier alpha value is -3.10. The molecule has 5 atom stereocenters. The highest BCUT2D eigenvalue weighted by atomic mass is 32.2. The van der Waals surface area contributed by atoms with E-state index in [1.54, 1.807) is 12.1 Å². The smallest absolute Gasteiger partial charge is 0.407 e. The normalized spacial score (nSPS) is 23.0.